The number of para-hydroxylation sites is 2. The molecule has 0 N–H and O–H groups in total. The average Bonchev–Trinajstić information content (AvgIpc) is 3.24. The Hall–Kier alpha value is -3.92. The molecule has 0 aliphatic rings. The van der Waals surface area contributed by atoms with Gasteiger partial charge in [0.2, 0.25) is 0 Å². The van der Waals surface area contributed by atoms with Crippen LogP contribution in [-0.4, -0.2) is 14.5 Å². The number of hydrogen-bond donors (Lipinski definition) is 0. The summed E-state index contributed by atoms with van der Waals surface area (Å²) in [5, 5.41) is 0. The first-order chi connectivity index (χ1) is 16.8. The molecule has 4 heteroatoms. The second-order valence-corrected chi connectivity index (χ2v) is 10.2. The summed E-state index contributed by atoms with van der Waals surface area (Å²) in [4.78, 5) is 9.54. The zero-order valence-corrected chi connectivity index (χ0v) is 21.0. The highest BCUT2D eigenvalue weighted by atomic mass is 16.5. The topological polar surface area (TPSA) is 39.9 Å². The van der Waals surface area contributed by atoms with E-state index in [1.165, 1.54) is 5.56 Å². The van der Waals surface area contributed by atoms with Crippen molar-refractivity contribution >= 4 is 11.0 Å². The van der Waals surface area contributed by atoms with Crippen molar-refractivity contribution in [3.63, 3.8) is 0 Å². The minimum Gasteiger partial charge on any atom is -0.457 e. The summed E-state index contributed by atoms with van der Waals surface area (Å²) in [7, 11) is 0. The standard InChI is InChI=1S/C31H31N3O/c1-21(2)34-29-15-7-6-14-27(29)33-30(34)23-11-9-13-26(19-23)35-25-12-8-10-22(18-25)28-20-24(16-17-32-28)31(3,4)5/h6-21H,1-5H3. The van der Waals surface area contributed by atoms with E-state index >= 15 is 0 Å². The molecule has 5 aromatic rings. The Morgan fingerprint density at radius 2 is 1.46 bits per heavy atom. The molecule has 0 fully saturated rings. The van der Waals surface area contributed by atoms with Gasteiger partial charge in [-0.15, -0.1) is 0 Å². The molecule has 35 heavy (non-hydrogen) atoms. The van der Waals surface area contributed by atoms with E-state index < -0.39 is 0 Å². The predicted molar refractivity (Wildman–Crippen MR) is 144 cm³/mol. The molecule has 0 aliphatic heterocycles. The summed E-state index contributed by atoms with van der Waals surface area (Å²) in [6.45, 7) is 11.0. The van der Waals surface area contributed by atoms with Gasteiger partial charge in [-0.3, -0.25) is 4.98 Å². The van der Waals surface area contributed by atoms with Crippen LogP contribution in [0.2, 0.25) is 0 Å². The number of imidazole rings is 1. The first-order valence-corrected chi connectivity index (χ1v) is 12.1. The molecule has 5 rings (SSSR count). The van der Waals surface area contributed by atoms with Crippen LogP contribution < -0.4 is 4.74 Å². The van der Waals surface area contributed by atoms with Crippen molar-refractivity contribution in [2.24, 2.45) is 0 Å². The monoisotopic (exact) mass is 461 g/mol. The molecule has 2 aromatic heterocycles. The third-order valence-corrected chi connectivity index (χ3v) is 6.20. The van der Waals surface area contributed by atoms with Gasteiger partial charge < -0.3 is 9.30 Å². The van der Waals surface area contributed by atoms with Crippen molar-refractivity contribution in [1.82, 2.24) is 14.5 Å². The lowest BCUT2D eigenvalue weighted by atomic mass is 9.87. The van der Waals surface area contributed by atoms with E-state index in [-0.39, 0.29) is 11.5 Å². The zero-order chi connectivity index (χ0) is 24.6. The first-order valence-electron chi connectivity index (χ1n) is 12.1. The SMILES string of the molecule is CC(C)n1c(-c2cccc(Oc3cccc(-c4cc(C(C)(C)C)ccn4)c3)c2)nc2ccccc21. The van der Waals surface area contributed by atoms with Gasteiger partial charge in [0.25, 0.3) is 0 Å². The molecule has 0 aliphatic carbocycles. The van der Waals surface area contributed by atoms with Crippen molar-refractivity contribution in [3.05, 3.63) is 96.7 Å². The molecule has 0 saturated heterocycles. The van der Waals surface area contributed by atoms with Gasteiger partial charge in [-0.2, -0.15) is 0 Å². The molecular formula is C31H31N3O. The lowest BCUT2D eigenvalue weighted by Crippen LogP contribution is -2.11. The van der Waals surface area contributed by atoms with Crippen LogP contribution in [0, 0.1) is 0 Å². The van der Waals surface area contributed by atoms with E-state index in [9.17, 15) is 0 Å². The Kier molecular flexibility index (Phi) is 5.89. The molecule has 0 unspecified atom stereocenters. The lowest BCUT2D eigenvalue weighted by molar-refractivity contribution is 0.483. The Morgan fingerprint density at radius 3 is 2.17 bits per heavy atom. The van der Waals surface area contributed by atoms with Crippen LogP contribution in [0.5, 0.6) is 11.5 Å². The normalized spacial score (nSPS) is 11.8. The average molecular weight is 462 g/mol. The third-order valence-electron chi connectivity index (χ3n) is 6.20. The Morgan fingerprint density at radius 1 is 0.771 bits per heavy atom. The molecule has 0 radical (unpaired) electrons. The Labute approximate surface area is 207 Å². The highest BCUT2D eigenvalue weighted by Crippen LogP contribution is 2.33. The number of rotatable bonds is 5. The van der Waals surface area contributed by atoms with Gasteiger partial charge in [-0.05, 0) is 73.4 Å². The van der Waals surface area contributed by atoms with Crippen LogP contribution in [0.3, 0.4) is 0 Å². The van der Waals surface area contributed by atoms with E-state index in [0.717, 1.165) is 45.2 Å². The lowest BCUT2D eigenvalue weighted by Gasteiger charge is -2.19. The zero-order valence-electron chi connectivity index (χ0n) is 21.0. The van der Waals surface area contributed by atoms with Crippen LogP contribution in [0.15, 0.2) is 91.1 Å². The number of pyridine rings is 1. The van der Waals surface area contributed by atoms with Gasteiger partial charge in [0.05, 0.1) is 16.7 Å². The molecule has 0 saturated carbocycles. The maximum absolute atomic E-state index is 6.31. The summed E-state index contributed by atoms with van der Waals surface area (Å²) in [6, 6.07) is 29.1. The molecule has 176 valence electrons. The summed E-state index contributed by atoms with van der Waals surface area (Å²) in [5.74, 6) is 2.50. The molecule has 4 nitrogen and oxygen atoms in total. The number of hydrogen-bond acceptors (Lipinski definition) is 3. The Balaban J connectivity index is 1.47. The van der Waals surface area contributed by atoms with Crippen molar-refractivity contribution < 1.29 is 4.74 Å². The number of fused-ring (bicyclic) bond motifs is 1. The first kappa shape index (κ1) is 22.9. The summed E-state index contributed by atoms with van der Waals surface area (Å²) in [6.07, 6.45) is 1.88. The van der Waals surface area contributed by atoms with E-state index in [4.69, 9.17) is 9.72 Å². The fourth-order valence-corrected chi connectivity index (χ4v) is 4.38. The Bertz CT molecular complexity index is 1490. The number of nitrogens with zero attached hydrogens (tertiary/aromatic N) is 3. The van der Waals surface area contributed by atoms with E-state index in [0.29, 0.717) is 0 Å². The van der Waals surface area contributed by atoms with Crippen LogP contribution in [-0.2, 0) is 5.41 Å². The van der Waals surface area contributed by atoms with Gasteiger partial charge in [0, 0.05) is 23.4 Å². The highest BCUT2D eigenvalue weighted by molar-refractivity contribution is 5.81. The molecule has 0 atom stereocenters. The van der Waals surface area contributed by atoms with Crippen molar-refractivity contribution in [2.45, 2.75) is 46.1 Å². The van der Waals surface area contributed by atoms with Crippen LogP contribution in [0.1, 0.15) is 46.2 Å². The third kappa shape index (κ3) is 4.69. The predicted octanol–water partition coefficient (Wildman–Crippen LogP) is 8.44. The molecule has 3 aromatic carbocycles. The minimum atomic E-state index is 0.0682. The maximum atomic E-state index is 6.31. The van der Waals surface area contributed by atoms with Gasteiger partial charge in [-0.1, -0.05) is 57.2 Å². The smallest absolute Gasteiger partial charge is 0.141 e. The molecule has 2 heterocycles. The van der Waals surface area contributed by atoms with E-state index in [1.54, 1.807) is 0 Å². The number of benzene rings is 3. The minimum absolute atomic E-state index is 0.0682. The summed E-state index contributed by atoms with van der Waals surface area (Å²) >= 11 is 0. The largest absolute Gasteiger partial charge is 0.457 e. The molecule has 0 bridgehead atoms. The molecule has 0 spiro atoms. The fourth-order valence-electron chi connectivity index (χ4n) is 4.38. The van der Waals surface area contributed by atoms with E-state index in [2.05, 4.69) is 92.7 Å². The molecule has 0 amide bonds. The van der Waals surface area contributed by atoms with Crippen molar-refractivity contribution in [2.75, 3.05) is 0 Å². The number of aromatic nitrogens is 3. The van der Waals surface area contributed by atoms with E-state index in [1.807, 2.05) is 42.6 Å². The summed E-state index contributed by atoms with van der Waals surface area (Å²) < 4.78 is 8.59. The van der Waals surface area contributed by atoms with Crippen LogP contribution in [0.25, 0.3) is 33.7 Å². The highest BCUT2D eigenvalue weighted by Gasteiger charge is 2.16. The van der Waals surface area contributed by atoms with Crippen molar-refractivity contribution in [1.29, 1.82) is 0 Å². The van der Waals surface area contributed by atoms with Gasteiger partial charge >= 0.3 is 0 Å². The van der Waals surface area contributed by atoms with Gasteiger partial charge in [0.15, 0.2) is 0 Å². The van der Waals surface area contributed by atoms with Crippen molar-refractivity contribution in [3.8, 4) is 34.1 Å². The van der Waals surface area contributed by atoms with Gasteiger partial charge in [0.1, 0.15) is 17.3 Å². The van der Waals surface area contributed by atoms with Gasteiger partial charge in [-0.25, -0.2) is 4.98 Å². The molecular weight excluding hydrogens is 430 g/mol. The number of ether oxygens (including phenoxy) is 1. The second-order valence-electron chi connectivity index (χ2n) is 10.2. The quantitative estimate of drug-likeness (QED) is 0.264. The fraction of sp³-hybridized carbons (Fsp3) is 0.226. The summed E-state index contributed by atoms with van der Waals surface area (Å²) in [5.41, 5.74) is 6.48. The second kappa shape index (κ2) is 9.03. The maximum Gasteiger partial charge on any atom is 0.141 e. The van der Waals surface area contributed by atoms with Crippen LogP contribution >= 0.6 is 0 Å². The van der Waals surface area contributed by atoms with Crippen LogP contribution in [0.4, 0.5) is 0 Å².